The van der Waals surface area contributed by atoms with Crippen LogP contribution >= 0.6 is 0 Å². The summed E-state index contributed by atoms with van der Waals surface area (Å²) in [6.07, 6.45) is 5.97. The molecule has 2 aromatic carbocycles. The van der Waals surface area contributed by atoms with Gasteiger partial charge in [-0.3, -0.25) is 0 Å². The average molecular weight is 287 g/mol. The third kappa shape index (κ3) is 2.39. The van der Waals surface area contributed by atoms with Crippen molar-refractivity contribution in [3.63, 3.8) is 0 Å². The van der Waals surface area contributed by atoms with Crippen LogP contribution < -0.4 is 0 Å². The molecule has 1 heteroatoms. The first-order chi connectivity index (χ1) is 10.6. The number of hydrogen-bond donors (Lipinski definition) is 0. The Morgan fingerprint density at radius 3 is 2.27 bits per heavy atom. The standard InChI is InChI=1S/C21H21N/c1-5-6-7-19-17(4)22(18-11-8-15(2)9-12-18)21-13-10-16(3)14-20(19)21/h5-14H,1H2,2-4H3/b7-6-. The van der Waals surface area contributed by atoms with Gasteiger partial charge in [0.05, 0.1) is 5.52 Å². The molecule has 1 nitrogen and oxygen atoms in total. The highest BCUT2D eigenvalue weighted by atomic mass is 15.0. The molecule has 0 N–H and O–H groups in total. The van der Waals surface area contributed by atoms with Crippen molar-refractivity contribution in [2.24, 2.45) is 0 Å². The Hall–Kier alpha value is -2.54. The molecule has 0 atom stereocenters. The van der Waals surface area contributed by atoms with Crippen LogP contribution in [0.5, 0.6) is 0 Å². The van der Waals surface area contributed by atoms with Gasteiger partial charge in [0.25, 0.3) is 0 Å². The number of fused-ring (bicyclic) bond motifs is 1. The first-order valence-electron chi connectivity index (χ1n) is 7.59. The van der Waals surface area contributed by atoms with Crippen LogP contribution in [0, 0.1) is 20.8 Å². The zero-order valence-corrected chi connectivity index (χ0v) is 13.4. The Labute approximate surface area is 132 Å². The van der Waals surface area contributed by atoms with Gasteiger partial charge in [0.2, 0.25) is 0 Å². The van der Waals surface area contributed by atoms with Gasteiger partial charge in [0, 0.05) is 22.3 Å². The van der Waals surface area contributed by atoms with Crippen LogP contribution in [0.25, 0.3) is 22.7 Å². The maximum absolute atomic E-state index is 3.78. The summed E-state index contributed by atoms with van der Waals surface area (Å²) < 4.78 is 2.33. The van der Waals surface area contributed by atoms with Crippen molar-refractivity contribution in [3.05, 3.63) is 83.6 Å². The van der Waals surface area contributed by atoms with E-state index < -0.39 is 0 Å². The molecule has 0 unspecified atom stereocenters. The van der Waals surface area contributed by atoms with E-state index in [-0.39, 0.29) is 0 Å². The summed E-state index contributed by atoms with van der Waals surface area (Å²) in [5.74, 6) is 0. The molecule has 3 aromatic rings. The maximum Gasteiger partial charge on any atom is 0.0537 e. The molecule has 0 aliphatic heterocycles. The topological polar surface area (TPSA) is 4.93 Å². The highest BCUT2D eigenvalue weighted by molar-refractivity contribution is 5.93. The van der Waals surface area contributed by atoms with Crippen molar-refractivity contribution in [2.75, 3.05) is 0 Å². The fourth-order valence-corrected chi connectivity index (χ4v) is 2.96. The van der Waals surface area contributed by atoms with E-state index in [4.69, 9.17) is 0 Å². The molecule has 0 bridgehead atoms. The van der Waals surface area contributed by atoms with Crippen molar-refractivity contribution >= 4 is 17.0 Å². The van der Waals surface area contributed by atoms with E-state index >= 15 is 0 Å². The molecule has 0 spiro atoms. The Morgan fingerprint density at radius 2 is 1.59 bits per heavy atom. The molecule has 1 aromatic heterocycles. The van der Waals surface area contributed by atoms with Crippen LogP contribution in [0.3, 0.4) is 0 Å². The smallest absolute Gasteiger partial charge is 0.0537 e. The molecule has 22 heavy (non-hydrogen) atoms. The number of nitrogens with zero attached hydrogens (tertiary/aromatic N) is 1. The molecule has 0 radical (unpaired) electrons. The molecular formula is C21H21N. The SMILES string of the molecule is C=C/C=C\c1c(C)n(-c2ccc(C)cc2)c2ccc(C)cc12. The normalized spacial score (nSPS) is 11.4. The predicted octanol–water partition coefficient (Wildman–Crippen LogP) is 5.75. The summed E-state index contributed by atoms with van der Waals surface area (Å²) in [5.41, 5.74) is 7.52. The lowest BCUT2D eigenvalue weighted by Gasteiger charge is -2.09. The van der Waals surface area contributed by atoms with Crippen molar-refractivity contribution in [1.82, 2.24) is 4.57 Å². The molecule has 0 amide bonds. The number of aromatic nitrogens is 1. The fourth-order valence-electron chi connectivity index (χ4n) is 2.96. The second-order valence-electron chi connectivity index (χ2n) is 5.79. The van der Waals surface area contributed by atoms with Gasteiger partial charge in [0.1, 0.15) is 0 Å². The van der Waals surface area contributed by atoms with E-state index in [0.717, 1.165) is 0 Å². The van der Waals surface area contributed by atoms with Crippen LogP contribution in [0.15, 0.2) is 61.2 Å². The van der Waals surface area contributed by atoms with Gasteiger partial charge in [-0.2, -0.15) is 0 Å². The van der Waals surface area contributed by atoms with E-state index in [1.54, 1.807) is 0 Å². The molecule has 0 saturated carbocycles. The van der Waals surface area contributed by atoms with E-state index in [1.807, 2.05) is 12.2 Å². The third-order valence-electron chi connectivity index (χ3n) is 4.10. The van der Waals surface area contributed by atoms with Gasteiger partial charge in [0.15, 0.2) is 0 Å². The van der Waals surface area contributed by atoms with E-state index in [0.29, 0.717) is 0 Å². The highest BCUT2D eigenvalue weighted by Gasteiger charge is 2.13. The van der Waals surface area contributed by atoms with Crippen LogP contribution in [-0.4, -0.2) is 4.57 Å². The zero-order valence-electron chi connectivity index (χ0n) is 13.4. The van der Waals surface area contributed by atoms with Gasteiger partial charge in [-0.05, 0) is 45.0 Å². The van der Waals surface area contributed by atoms with Crippen molar-refractivity contribution in [2.45, 2.75) is 20.8 Å². The highest BCUT2D eigenvalue weighted by Crippen LogP contribution is 2.31. The van der Waals surface area contributed by atoms with E-state index in [1.165, 1.54) is 39.0 Å². The minimum absolute atomic E-state index is 1.20. The summed E-state index contributed by atoms with van der Waals surface area (Å²) in [6.45, 7) is 10.2. The number of allylic oxidation sites excluding steroid dienone is 2. The van der Waals surface area contributed by atoms with Gasteiger partial charge < -0.3 is 4.57 Å². The molecule has 0 saturated heterocycles. The fraction of sp³-hybridized carbons (Fsp3) is 0.143. The molecular weight excluding hydrogens is 266 g/mol. The number of aryl methyl sites for hydroxylation is 2. The average Bonchev–Trinajstić information content (AvgIpc) is 2.77. The lowest BCUT2D eigenvalue weighted by Crippen LogP contribution is -1.96. The van der Waals surface area contributed by atoms with Crippen molar-refractivity contribution in [1.29, 1.82) is 0 Å². The zero-order chi connectivity index (χ0) is 15.7. The van der Waals surface area contributed by atoms with Gasteiger partial charge in [-0.1, -0.05) is 54.1 Å². The summed E-state index contributed by atoms with van der Waals surface area (Å²) in [5, 5.41) is 1.29. The van der Waals surface area contributed by atoms with Crippen molar-refractivity contribution < 1.29 is 0 Å². The Balaban J connectivity index is 2.34. The number of rotatable bonds is 3. The molecule has 0 fully saturated rings. The monoisotopic (exact) mass is 287 g/mol. The largest absolute Gasteiger partial charge is 0.313 e. The maximum atomic E-state index is 3.78. The minimum Gasteiger partial charge on any atom is -0.313 e. The molecule has 1 heterocycles. The Kier molecular flexibility index (Phi) is 3.72. The van der Waals surface area contributed by atoms with Gasteiger partial charge in [-0.15, -0.1) is 0 Å². The number of hydrogen-bond acceptors (Lipinski definition) is 0. The van der Waals surface area contributed by atoms with Crippen LogP contribution in [0.1, 0.15) is 22.4 Å². The summed E-state index contributed by atoms with van der Waals surface area (Å²) in [7, 11) is 0. The number of benzene rings is 2. The summed E-state index contributed by atoms with van der Waals surface area (Å²) in [4.78, 5) is 0. The first kappa shape index (κ1) is 14.4. The van der Waals surface area contributed by atoms with E-state index in [9.17, 15) is 0 Å². The van der Waals surface area contributed by atoms with E-state index in [2.05, 4.69) is 80.5 Å². The van der Waals surface area contributed by atoms with Crippen LogP contribution in [0.4, 0.5) is 0 Å². The van der Waals surface area contributed by atoms with Crippen molar-refractivity contribution in [3.8, 4) is 5.69 Å². The molecule has 3 rings (SSSR count). The first-order valence-corrected chi connectivity index (χ1v) is 7.59. The summed E-state index contributed by atoms with van der Waals surface area (Å²) in [6, 6.07) is 15.3. The lowest BCUT2D eigenvalue weighted by molar-refractivity contribution is 1.05. The van der Waals surface area contributed by atoms with Gasteiger partial charge in [-0.25, -0.2) is 0 Å². The van der Waals surface area contributed by atoms with Crippen LogP contribution in [0.2, 0.25) is 0 Å². The predicted molar refractivity (Wildman–Crippen MR) is 96.7 cm³/mol. The lowest BCUT2D eigenvalue weighted by atomic mass is 10.1. The second-order valence-corrected chi connectivity index (χ2v) is 5.79. The molecule has 110 valence electrons. The minimum atomic E-state index is 1.20. The Morgan fingerprint density at radius 1 is 0.909 bits per heavy atom. The Bertz CT molecular complexity index is 861. The molecule has 0 aliphatic rings. The third-order valence-corrected chi connectivity index (χ3v) is 4.10. The van der Waals surface area contributed by atoms with Crippen LogP contribution in [-0.2, 0) is 0 Å². The second kappa shape index (κ2) is 5.69. The quantitative estimate of drug-likeness (QED) is 0.540. The summed E-state index contributed by atoms with van der Waals surface area (Å²) >= 11 is 0. The van der Waals surface area contributed by atoms with Gasteiger partial charge >= 0.3 is 0 Å². The molecule has 0 aliphatic carbocycles.